The highest BCUT2D eigenvalue weighted by Crippen LogP contribution is 2.49. The molecule has 2 aromatic rings. The Morgan fingerprint density at radius 1 is 1.11 bits per heavy atom. The number of carbonyl (C=O) groups excluding carboxylic acids is 1. The van der Waals surface area contributed by atoms with Crippen LogP contribution in [0.1, 0.15) is 36.0 Å². The fraction of sp³-hybridized carbons (Fsp3) is 0.409. The predicted molar refractivity (Wildman–Crippen MR) is 102 cm³/mol. The zero-order valence-electron chi connectivity index (χ0n) is 16.0. The number of benzene rings is 2. The zero-order valence-corrected chi connectivity index (χ0v) is 16.0. The number of carbonyl (C=O) groups is 1. The van der Waals surface area contributed by atoms with Crippen LogP contribution in [0.25, 0.3) is 0 Å². The molecule has 2 aliphatic rings. The summed E-state index contributed by atoms with van der Waals surface area (Å²) in [6, 6.07) is 10.0. The highest BCUT2D eigenvalue weighted by Gasteiger charge is 2.53. The summed E-state index contributed by atoms with van der Waals surface area (Å²) in [7, 11) is 3.12. The molecule has 0 radical (unpaired) electrons. The van der Waals surface area contributed by atoms with E-state index in [-0.39, 0.29) is 18.3 Å². The predicted octanol–water partition coefficient (Wildman–Crippen LogP) is 2.82. The second kappa shape index (κ2) is 6.78. The van der Waals surface area contributed by atoms with Crippen LogP contribution in [0, 0.1) is 5.82 Å². The first kappa shape index (κ1) is 18.7. The first-order valence-electron chi connectivity index (χ1n) is 9.44. The van der Waals surface area contributed by atoms with Gasteiger partial charge in [-0.1, -0.05) is 18.2 Å². The van der Waals surface area contributed by atoms with E-state index in [1.165, 1.54) is 6.07 Å². The number of rotatable bonds is 6. The van der Waals surface area contributed by atoms with Crippen molar-refractivity contribution in [2.24, 2.45) is 0 Å². The van der Waals surface area contributed by atoms with Gasteiger partial charge in [0.05, 0.1) is 26.2 Å². The number of aryl methyl sites for hydroxylation is 1. The van der Waals surface area contributed by atoms with Crippen LogP contribution < -0.4 is 14.8 Å². The molecule has 0 saturated heterocycles. The van der Waals surface area contributed by atoms with E-state index in [1.54, 1.807) is 38.5 Å². The lowest BCUT2D eigenvalue weighted by atomic mass is 9.92. The first-order valence-corrected chi connectivity index (χ1v) is 9.44. The summed E-state index contributed by atoms with van der Waals surface area (Å²) in [5.74, 6) is 0.556. The lowest BCUT2D eigenvalue weighted by molar-refractivity contribution is -0.125. The molecule has 0 aliphatic heterocycles. The van der Waals surface area contributed by atoms with Crippen LogP contribution in [0.3, 0.4) is 0 Å². The largest absolute Gasteiger partial charge is 0.493 e. The SMILES string of the molecule is COc1cc2c(cc1OC)C(O)(CNC(=O)C1(c3ccccc3F)CC1)CC2. The minimum atomic E-state index is -1.18. The highest BCUT2D eigenvalue weighted by molar-refractivity contribution is 5.91. The van der Waals surface area contributed by atoms with Crippen molar-refractivity contribution < 1.29 is 23.8 Å². The Hall–Kier alpha value is -2.60. The molecular formula is C22H24FNO4. The molecule has 6 heteroatoms. The Bertz CT molecular complexity index is 925. The average Bonchev–Trinajstić information content (AvgIpc) is 3.45. The minimum Gasteiger partial charge on any atom is -0.493 e. The molecule has 0 spiro atoms. The monoisotopic (exact) mass is 385 g/mol. The Balaban J connectivity index is 1.54. The van der Waals surface area contributed by atoms with Gasteiger partial charge in [-0.2, -0.15) is 0 Å². The number of hydrogen-bond donors (Lipinski definition) is 2. The van der Waals surface area contributed by atoms with Gasteiger partial charge >= 0.3 is 0 Å². The van der Waals surface area contributed by atoms with Gasteiger partial charge in [-0.3, -0.25) is 4.79 Å². The van der Waals surface area contributed by atoms with E-state index in [0.717, 1.165) is 11.1 Å². The van der Waals surface area contributed by atoms with E-state index >= 15 is 0 Å². The molecule has 1 saturated carbocycles. The van der Waals surface area contributed by atoms with Crippen LogP contribution in [-0.4, -0.2) is 31.8 Å². The van der Waals surface area contributed by atoms with Gasteiger partial charge in [0.1, 0.15) is 11.4 Å². The standard InChI is InChI=1S/C22H24FNO4/c1-27-18-11-14-7-8-22(26,16(14)12-19(18)28-2)13-24-20(25)21(9-10-21)15-5-3-4-6-17(15)23/h3-6,11-12,26H,7-10,13H2,1-2H3,(H,24,25). The summed E-state index contributed by atoms with van der Waals surface area (Å²) in [6.07, 6.45) is 2.39. The normalized spacial score (nSPS) is 21.7. The fourth-order valence-electron chi connectivity index (χ4n) is 4.21. The molecule has 1 amide bonds. The van der Waals surface area contributed by atoms with Gasteiger partial charge in [0.2, 0.25) is 5.91 Å². The van der Waals surface area contributed by atoms with Crippen LogP contribution in [0.4, 0.5) is 4.39 Å². The number of fused-ring (bicyclic) bond motifs is 1. The van der Waals surface area contributed by atoms with Crippen molar-refractivity contribution in [3.05, 3.63) is 58.9 Å². The van der Waals surface area contributed by atoms with Crippen LogP contribution >= 0.6 is 0 Å². The smallest absolute Gasteiger partial charge is 0.230 e. The average molecular weight is 385 g/mol. The minimum absolute atomic E-state index is 0.0739. The number of hydrogen-bond acceptors (Lipinski definition) is 4. The number of ether oxygens (including phenoxy) is 2. The van der Waals surface area contributed by atoms with Gasteiger partial charge in [-0.25, -0.2) is 4.39 Å². The molecule has 148 valence electrons. The van der Waals surface area contributed by atoms with Crippen molar-refractivity contribution in [3.63, 3.8) is 0 Å². The van der Waals surface area contributed by atoms with Crippen molar-refractivity contribution in [3.8, 4) is 11.5 Å². The van der Waals surface area contributed by atoms with Crippen LogP contribution in [0.2, 0.25) is 0 Å². The Labute approximate surface area is 163 Å². The molecular weight excluding hydrogens is 361 g/mol. The Morgan fingerprint density at radius 3 is 2.43 bits per heavy atom. The zero-order chi connectivity index (χ0) is 19.9. The van der Waals surface area contributed by atoms with Gasteiger partial charge in [-0.05, 0) is 55.0 Å². The van der Waals surface area contributed by atoms with E-state index in [9.17, 15) is 14.3 Å². The molecule has 1 atom stereocenters. The van der Waals surface area contributed by atoms with Crippen molar-refractivity contribution in [1.29, 1.82) is 0 Å². The van der Waals surface area contributed by atoms with Gasteiger partial charge in [0.15, 0.2) is 11.5 Å². The molecule has 2 N–H and O–H groups in total. The van der Waals surface area contributed by atoms with Crippen molar-refractivity contribution in [2.75, 3.05) is 20.8 Å². The Morgan fingerprint density at radius 2 is 1.79 bits per heavy atom. The van der Waals surface area contributed by atoms with Gasteiger partial charge in [0, 0.05) is 5.56 Å². The quantitative estimate of drug-likeness (QED) is 0.803. The van der Waals surface area contributed by atoms with Crippen LogP contribution in [0.5, 0.6) is 11.5 Å². The molecule has 0 bridgehead atoms. The molecule has 28 heavy (non-hydrogen) atoms. The molecule has 1 unspecified atom stereocenters. The number of nitrogens with one attached hydrogen (secondary N) is 1. The van der Waals surface area contributed by atoms with Crippen LogP contribution in [0.15, 0.2) is 36.4 Å². The van der Waals surface area contributed by atoms with E-state index in [2.05, 4.69) is 5.32 Å². The maximum absolute atomic E-state index is 14.2. The fourth-order valence-corrected chi connectivity index (χ4v) is 4.21. The molecule has 0 heterocycles. The summed E-state index contributed by atoms with van der Waals surface area (Å²) in [6.45, 7) is 0.0739. The van der Waals surface area contributed by atoms with Crippen molar-refractivity contribution in [2.45, 2.75) is 36.7 Å². The number of aliphatic hydroxyl groups is 1. The second-order valence-corrected chi connectivity index (χ2v) is 7.64. The van der Waals surface area contributed by atoms with Gasteiger partial charge in [0.25, 0.3) is 0 Å². The summed E-state index contributed by atoms with van der Waals surface area (Å²) in [5.41, 5.74) is 0.139. The summed E-state index contributed by atoms with van der Waals surface area (Å²) >= 11 is 0. The molecule has 5 nitrogen and oxygen atoms in total. The molecule has 4 rings (SSSR count). The lowest BCUT2D eigenvalue weighted by Crippen LogP contribution is -2.43. The number of amides is 1. The van der Waals surface area contributed by atoms with E-state index in [0.29, 0.717) is 42.7 Å². The van der Waals surface area contributed by atoms with Crippen molar-refractivity contribution in [1.82, 2.24) is 5.32 Å². The van der Waals surface area contributed by atoms with E-state index < -0.39 is 11.0 Å². The second-order valence-electron chi connectivity index (χ2n) is 7.64. The highest BCUT2D eigenvalue weighted by atomic mass is 19.1. The van der Waals surface area contributed by atoms with Gasteiger partial charge in [-0.15, -0.1) is 0 Å². The third kappa shape index (κ3) is 2.92. The van der Waals surface area contributed by atoms with E-state index in [1.807, 2.05) is 6.07 Å². The first-order chi connectivity index (χ1) is 13.4. The lowest BCUT2D eigenvalue weighted by Gasteiger charge is -2.26. The molecule has 2 aliphatic carbocycles. The summed E-state index contributed by atoms with van der Waals surface area (Å²) in [5, 5.41) is 14.1. The summed E-state index contributed by atoms with van der Waals surface area (Å²) < 4.78 is 24.9. The molecule has 1 fully saturated rings. The van der Waals surface area contributed by atoms with E-state index in [4.69, 9.17) is 9.47 Å². The topological polar surface area (TPSA) is 67.8 Å². The van der Waals surface area contributed by atoms with Gasteiger partial charge < -0.3 is 19.9 Å². The number of methoxy groups -OCH3 is 2. The maximum atomic E-state index is 14.2. The number of halogens is 1. The third-order valence-electron chi connectivity index (χ3n) is 6.03. The maximum Gasteiger partial charge on any atom is 0.230 e. The van der Waals surface area contributed by atoms with Crippen LogP contribution in [-0.2, 0) is 22.2 Å². The van der Waals surface area contributed by atoms with Crippen molar-refractivity contribution >= 4 is 5.91 Å². The molecule has 0 aromatic heterocycles. The Kier molecular flexibility index (Phi) is 4.54. The molecule has 2 aromatic carbocycles. The third-order valence-corrected chi connectivity index (χ3v) is 6.03. The summed E-state index contributed by atoms with van der Waals surface area (Å²) in [4.78, 5) is 12.9.